The summed E-state index contributed by atoms with van der Waals surface area (Å²) in [6, 6.07) is 10.4. The highest BCUT2D eigenvalue weighted by molar-refractivity contribution is 5.95. The molecule has 0 aliphatic heterocycles. The van der Waals surface area contributed by atoms with E-state index >= 15 is 0 Å². The van der Waals surface area contributed by atoms with Crippen LogP contribution in [0.1, 0.15) is 17.9 Å². The van der Waals surface area contributed by atoms with Crippen LogP contribution in [0, 0.1) is 17.6 Å². The van der Waals surface area contributed by atoms with E-state index < -0.39 is 11.6 Å². The predicted octanol–water partition coefficient (Wildman–Crippen LogP) is 3.76. The number of aromatic nitrogens is 2. The Morgan fingerprint density at radius 2 is 1.96 bits per heavy atom. The standard InChI is InChI=1S/C18H13F2N3O2/c19-11-3-6-13(16(20)7-11)14-8-15(14)17(24)22-12-4-1-10(2-5-12)18-23-21-9-25-18/h1-7,9,14-15H,8H2,(H,22,24)/t14-,15-/m0/s1. The topological polar surface area (TPSA) is 68.0 Å². The summed E-state index contributed by atoms with van der Waals surface area (Å²) in [7, 11) is 0. The van der Waals surface area contributed by atoms with Crippen LogP contribution >= 0.6 is 0 Å². The Kier molecular flexibility index (Phi) is 3.76. The fourth-order valence-electron chi connectivity index (χ4n) is 2.86. The van der Waals surface area contributed by atoms with Gasteiger partial charge in [0.1, 0.15) is 11.6 Å². The molecule has 1 N–H and O–H groups in total. The molecule has 0 unspecified atom stereocenters. The van der Waals surface area contributed by atoms with Crippen LogP contribution in [0.15, 0.2) is 53.3 Å². The lowest BCUT2D eigenvalue weighted by Gasteiger charge is -2.06. The molecule has 2 aromatic carbocycles. The summed E-state index contributed by atoms with van der Waals surface area (Å²) in [5, 5.41) is 10.2. The van der Waals surface area contributed by atoms with Crippen LogP contribution in [0.2, 0.25) is 0 Å². The number of hydrogen-bond acceptors (Lipinski definition) is 4. The molecule has 126 valence electrons. The van der Waals surface area contributed by atoms with E-state index in [0.717, 1.165) is 11.6 Å². The molecule has 1 fully saturated rings. The van der Waals surface area contributed by atoms with Crippen molar-refractivity contribution in [2.75, 3.05) is 5.32 Å². The third kappa shape index (κ3) is 3.13. The van der Waals surface area contributed by atoms with Crippen LogP contribution < -0.4 is 5.32 Å². The summed E-state index contributed by atoms with van der Waals surface area (Å²) in [5.41, 5.74) is 1.75. The predicted molar refractivity (Wildman–Crippen MR) is 85.6 cm³/mol. The van der Waals surface area contributed by atoms with Gasteiger partial charge in [0, 0.05) is 23.2 Å². The molecule has 0 saturated heterocycles. The van der Waals surface area contributed by atoms with Crippen molar-refractivity contribution in [1.29, 1.82) is 0 Å². The van der Waals surface area contributed by atoms with Crippen molar-refractivity contribution >= 4 is 11.6 Å². The number of nitrogens with zero attached hydrogens (tertiary/aromatic N) is 2. The minimum atomic E-state index is -0.621. The maximum atomic E-state index is 13.8. The molecule has 2 atom stereocenters. The van der Waals surface area contributed by atoms with E-state index in [2.05, 4.69) is 15.5 Å². The van der Waals surface area contributed by atoms with Gasteiger partial charge in [-0.05, 0) is 48.2 Å². The molecule has 1 saturated carbocycles. The van der Waals surface area contributed by atoms with Gasteiger partial charge < -0.3 is 9.73 Å². The van der Waals surface area contributed by atoms with E-state index in [1.54, 1.807) is 24.3 Å². The van der Waals surface area contributed by atoms with Crippen LogP contribution in [0.25, 0.3) is 11.5 Å². The SMILES string of the molecule is O=C(Nc1ccc(-c2nnco2)cc1)[C@H]1C[C@H]1c1ccc(F)cc1F. The van der Waals surface area contributed by atoms with Gasteiger partial charge in [-0.2, -0.15) is 0 Å². The Bertz CT molecular complexity index is 911. The number of rotatable bonds is 4. The van der Waals surface area contributed by atoms with E-state index in [9.17, 15) is 13.6 Å². The number of anilines is 1. The van der Waals surface area contributed by atoms with Gasteiger partial charge in [0.15, 0.2) is 0 Å². The summed E-state index contributed by atoms with van der Waals surface area (Å²) >= 11 is 0. The second-order valence-electron chi connectivity index (χ2n) is 5.93. The lowest BCUT2D eigenvalue weighted by molar-refractivity contribution is -0.117. The largest absolute Gasteiger partial charge is 0.423 e. The number of halogens is 2. The average Bonchev–Trinajstić information content (AvgIpc) is 3.19. The van der Waals surface area contributed by atoms with Crippen LogP contribution in [0.5, 0.6) is 0 Å². The lowest BCUT2D eigenvalue weighted by atomic mass is 10.1. The average molecular weight is 341 g/mol. The minimum absolute atomic E-state index is 0.181. The van der Waals surface area contributed by atoms with Crippen molar-refractivity contribution in [2.24, 2.45) is 5.92 Å². The first kappa shape index (κ1) is 15.4. The fraction of sp³-hybridized carbons (Fsp3) is 0.167. The van der Waals surface area contributed by atoms with Gasteiger partial charge in [-0.1, -0.05) is 6.07 Å². The van der Waals surface area contributed by atoms with Crippen LogP contribution in [0.3, 0.4) is 0 Å². The summed E-state index contributed by atoms with van der Waals surface area (Å²) < 4.78 is 31.9. The first-order valence-electron chi connectivity index (χ1n) is 7.74. The number of amides is 1. The minimum Gasteiger partial charge on any atom is -0.423 e. The second-order valence-corrected chi connectivity index (χ2v) is 5.93. The van der Waals surface area contributed by atoms with Gasteiger partial charge in [-0.15, -0.1) is 10.2 Å². The van der Waals surface area contributed by atoms with Crippen LogP contribution in [-0.2, 0) is 4.79 Å². The van der Waals surface area contributed by atoms with Crippen molar-refractivity contribution in [1.82, 2.24) is 10.2 Å². The van der Waals surface area contributed by atoms with Gasteiger partial charge >= 0.3 is 0 Å². The fourth-order valence-corrected chi connectivity index (χ4v) is 2.86. The van der Waals surface area contributed by atoms with Crippen molar-refractivity contribution in [3.05, 3.63) is 66.1 Å². The van der Waals surface area contributed by atoms with Crippen molar-refractivity contribution in [3.8, 4) is 11.5 Å². The monoisotopic (exact) mass is 341 g/mol. The molecule has 0 spiro atoms. The number of hydrogen-bond donors (Lipinski definition) is 1. The van der Waals surface area contributed by atoms with E-state index in [4.69, 9.17) is 4.42 Å². The van der Waals surface area contributed by atoms with E-state index in [-0.39, 0.29) is 17.7 Å². The maximum Gasteiger partial charge on any atom is 0.247 e. The Labute approximate surface area is 141 Å². The Morgan fingerprint density at radius 1 is 1.16 bits per heavy atom. The molecule has 1 heterocycles. The highest BCUT2D eigenvalue weighted by Crippen LogP contribution is 2.48. The summed E-state index contributed by atoms with van der Waals surface area (Å²) in [5.74, 6) is -1.53. The van der Waals surface area contributed by atoms with Crippen LogP contribution in [0.4, 0.5) is 14.5 Å². The normalized spacial score (nSPS) is 18.8. The molecule has 1 aromatic heterocycles. The first-order valence-corrected chi connectivity index (χ1v) is 7.74. The number of carbonyl (C=O) groups is 1. The molecule has 0 bridgehead atoms. The first-order chi connectivity index (χ1) is 12.1. The third-order valence-corrected chi connectivity index (χ3v) is 4.25. The molecule has 7 heteroatoms. The summed E-state index contributed by atoms with van der Waals surface area (Å²) in [6.45, 7) is 0. The number of carbonyl (C=O) groups excluding carboxylic acids is 1. The molecule has 5 nitrogen and oxygen atoms in total. The third-order valence-electron chi connectivity index (χ3n) is 4.25. The molecule has 1 aliphatic carbocycles. The maximum absolute atomic E-state index is 13.8. The molecule has 0 radical (unpaired) electrons. The highest BCUT2D eigenvalue weighted by atomic mass is 19.1. The highest BCUT2D eigenvalue weighted by Gasteiger charge is 2.45. The summed E-state index contributed by atoms with van der Waals surface area (Å²) in [6.07, 6.45) is 1.79. The van der Waals surface area contributed by atoms with Crippen molar-refractivity contribution in [2.45, 2.75) is 12.3 Å². The van der Waals surface area contributed by atoms with Gasteiger partial charge in [0.05, 0.1) is 0 Å². The molecule has 1 aliphatic rings. The van der Waals surface area contributed by atoms with Crippen molar-refractivity contribution < 1.29 is 18.0 Å². The zero-order valence-corrected chi connectivity index (χ0v) is 12.9. The Hall–Kier alpha value is -3.09. The molecular weight excluding hydrogens is 328 g/mol. The van der Waals surface area contributed by atoms with Crippen molar-refractivity contribution in [3.63, 3.8) is 0 Å². The quantitative estimate of drug-likeness (QED) is 0.785. The second kappa shape index (κ2) is 6.08. The molecular formula is C18H13F2N3O2. The summed E-state index contributed by atoms with van der Waals surface area (Å²) in [4.78, 5) is 12.3. The molecule has 4 rings (SSSR count). The number of nitrogens with one attached hydrogen (secondary N) is 1. The lowest BCUT2D eigenvalue weighted by Crippen LogP contribution is -2.14. The zero-order chi connectivity index (χ0) is 17.4. The van der Waals surface area contributed by atoms with Gasteiger partial charge in [-0.3, -0.25) is 4.79 Å². The molecule has 1 amide bonds. The smallest absolute Gasteiger partial charge is 0.247 e. The zero-order valence-electron chi connectivity index (χ0n) is 12.9. The van der Waals surface area contributed by atoms with Gasteiger partial charge in [0.25, 0.3) is 0 Å². The van der Waals surface area contributed by atoms with E-state index in [1.165, 1.54) is 18.5 Å². The van der Waals surface area contributed by atoms with Gasteiger partial charge in [-0.25, -0.2) is 8.78 Å². The molecule has 3 aromatic rings. The van der Waals surface area contributed by atoms with Gasteiger partial charge in [0.2, 0.25) is 18.2 Å². The van der Waals surface area contributed by atoms with E-state index in [1.807, 2.05) is 0 Å². The molecule has 25 heavy (non-hydrogen) atoms. The van der Waals surface area contributed by atoms with E-state index in [0.29, 0.717) is 23.6 Å². The Morgan fingerprint density at radius 3 is 2.64 bits per heavy atom. The Balaban J connectivity index is 1.41. The number of benzene rings is 2. The van der Waals surface area contributed by atoms with Crippen LogP contribution in [-0.4, -0.2) is 16.1 Å².